The summed E-state index contributed by atoms with van der Waals surface area (Å²) in [5, 5.41) is 9.79. The first-order valence-electron chi connectivity index (χ1n) is 7.28. The predicted octanol–water partition coefficient (Wildman–Crippen LogP) is 2.92. The molecule has 1 aromatic carbocycles. The molecular weight excluding hydrogens is 450 g/mol. The van der Waals surface area contributed by atoms with Crippen LogP contribution in [-0.4, -0.2) is 29.7 Å². The van der Waals surface area contributed by atoms with E-state index in [1.165, 1.54) is 12.1 Å². The van der Waals surface area contributed by atoms with E-state index in [4.69, 9.17) is 4.52 Å². The average Bonchev–Trinajstić information content (AvgIpc) is 2.95. The molecule has 0 aliphatic rings. The van der Waals surface area contributed by atoms with Gasteiger partial charge in [-0.3, -0.25) is 4.99 Å². The van der Waals surface area contributed by atoms with Crippen LogP contribution in [0.3, 0.4) is 0 Å². The lowest BCUT2D eigenvalue weighted by molar-refractivity contribution is -0.137. The molecule has 0 spiro atoms. The molecule has 0 aliphatic carbocycles. The maximum absolute atomic E-state index is 12.5. The number of aryl methyl sites for hydroxylation is 1. The van der Waals surface area contributed by atoms with Gasteiger partial charge in [-0.05, 0) is 24.6 Å². The van der Waals surface area contributed by atoms with Crippen molar-refractivity contribution in [3.05, 3.63) is 47.1 Å². The maximum atomic E-state index is 12.5. The van der Waals surface area contributed by atoms with Crippen molar-refractivity contribution in [2.24, 2.45) is 4.99 Å². The summed E-state index contributed by atoms with van der Waals surface area (Å²) in [6.45, 7) is 2.64. The molecule has 0 saturated carbocycles. The molecule has 10 heteroatoms. The number of benzene rings is 1. The first-order valence-corrected chi connectivity index (χ1v) is 7.28. The molecule has 0 fully saturated rings. The molecular formula is C15H19F3IN5O. The van der Waals surface area contributed by atoms with E-state index in [1.807, 2.05) is 0 Å². The summed E-state index contributed by atoms with van der Waals surface area (Å²) in [6, 6.07) is 4.99. The second kappa shape index (κ2) is 9.59. The molecule has 0 unspecified atom stereocenters. The van der Waals surface area contributed by atoms with Crippen molar-refractivity contribution in [2.75, 3.05) is 13.6 Å². The number of rotatable bonds is 5. The standard InChI is InChI=1S/C15H18F3N5O.HI/c1-10-22-13(24-23-10)7-8-20-14(19-2)21-9-11-3-5-12(6-4-11)15(16,17)18;/h3-6H,7-9H2,1-2H3,(H2,19,20,21);1H. The fourth-order valence-corrected chi connectivity index (χ4v) is 1.95. The van der Waals surface area contributed by atoms with E-state index >= 15 is 0 Å². The molecule has 2 rings (SSSR count). The van der Waals surface area contributed by atoms with Crippen LogP contribution >= 0.6 is 24.0 Å². The number of halogens is 4. The minimum Gasteiger partial charge on any atom is -0.356 e. The molecule has 0 amide bonds. The SMILES string of the molecule is CN=C(NCCc1nc(C)no1)NCc1ccc(C(F)(F)F)cc1.I. The zero-order valence-electron chi connectivity index (χ0n) is 13.7. The van der Waals surface area contributed by atoms with Crippen LogP contribution in [0.2, 0.25) is 0 Å². The van der Waals surface area contributed by atoms with Crippen LogP contribution < -0.4 is 10.6 Å². The van der Waals surface area contributed by atoms with E-state index in [0.717, 1.165) is 17.7 Å². The lowest BCUT2D eigenvalue weighted by atomic mass is 10.1. The number of hydrogen-bond donors (Lipinski definition) is 2. The number of guanidine groups is 1. The molecule has 1 heterocycles. The van der Waals surface area contributed by atoms with Crippen molar-refractivity contribution in [1.29, 1.82) is 0 Å². The van der Waals surface area contributed by atoms with E-state index in [9.17, 15) is 13.2 Å². The van der Waals surface area contributed by atoms with Crippen molar-refractivity contribution in [3.63, 3.8) is 0 Å². The summed E-state index contributed by atoms with van der Waals surface area (Å²) in [5.41, 5.74) is 0.0575. The summed E-state index contributed by atoms with van der Waals surface area (Å²) < 4.78 is 42.5. The van der Waals surface area contributed by atoms with E-state index in [1.54, 1.807) is 14.0 Å². The number of nitrogens with one attached hydrogen (secondary N) is 2. The molecule has 0 saturated heterocycles. The van der Waals surface area contributed by atoms with Gasteiger partial charge in [0.15, 0.2) is 11.8 Å². The van der Waals surface area contributed by atoms with Crippen molar-refractivity contribution in [2.45, 2.75) is 26.1 Å². The average molecular weight is 469 g/mol. The summed E-state index contributed by atoms with van der Waals surface area (Å²) in [5.74, 6) is 1.64. The Kier molecular flexibility index (Phi) is 8.13. The fraction of sp³-hybridized carbons (Fsp3) is 0.400. The Morgan fingerprint density at radius 2 is 1.88 bits per heavy atom. The minimum absolute atomic E-state index is 0. The van der Waals surface area contributed by atoms with Gasteiger partial charge in [-0.15, -0.1) is 24.0 Å². The maximum Gasteiger partial charge on any atom is 0.416 e. The van der Waals surface area contributed by atoms with E-state index in [-0.39, 0.29) is 24.0 Å². The van der Waals surface area contributed by atoms with Gasteiger partial charge in [0, 0.05) is 26.6 Å². The third-order valence-electron chi connectivity index (χ3n) is 3.17. The van der Waals surface area contributed by atoms with Gasteiger partial charge in [0.05, 0.1) is 5.56 Å². The summed E-state index contributed by atoms with van der Waals surface area (Å²) in [6.07, 6.45) is -3.78. The Bertz CT molecular complexity index is 685. The third-order valence-corrected chi connectivity index (χ3v) is 3.17. The minimum atomic E-state index is -4.32. The second-order valence-electron chi connectivity index (χ2n) is 5.03. The van der Waals surface area contributed by atoms with Crippen molar-refractivity contribution < 1.29 is 17.7 Å². The molecule has 0 aliphatic heterocycles. The number of aromatic nitrogens is 2. The number of aliphatic imine (C=N–C) groups is 1. The van der Waals surface area contributed by atoms with Crippen molar-refractivity contribution >= 4 is 29.9 Å². The van der Waals surface area contributed by atoms with Gasteiger partial charge in [-0.2, -0.15) is 18.2 Å². The van der Waals surface area contributed by atoms with Gasteiger partial charge in [-0.1, -0.05) is 17.3 Å². The zero-order chi connectivity index (χ0) is 17.6. The van der Waals surface area contributed by atoms with Gasteiger partial charge < -0.3 is 15.2 Å². The molecule has 6 nitrogen and oxygen atoms in total. The van der Waals surface area contributed by atoms with Crippen molar-refractivity contribution in [1.82, 2.24) is 20.8 Å². The third kappa shape index (κ3) is 6.88. The molecule has 0 bridgehead atoms. The fourth-order valence-electron chi connectivity index (χ4n) is 1.95. The van der Waals surface area contributed by atoms with Gasteiger partial charge in [0.1, 0.15) is 0 Å². The van der Waals surface area contributed by atoms with E-state index in [0.29, 0.717) is 37.2 Å². The molecule has 0 radical (unpaired) electrons. The number of nitrogens with zero attached hydrogens (tertiary/aromatic N) is 3. The highest BCUT2D eigenvalue weighted by Gasteiger charge is 2.29. The highest BCUT2D eigenvalue weighted by molar-refractivity contribution is 14.0. The molecule has 2 N–H and O–H groups in total. The Hall–Kier alpha value is -1.85. The van der Waals surface area contributed by atoms with Crippen LogP contribution in [-0.2, 0) is 19.1 Å². The highest BCUT2D eigenvalue weighted by Crippen LogP contribution is 2.28. The van der Waals surface area contributed by atoms with Gasteiger partial charge in [0.2, 0.25) is 5.89 Å². The van der Waals surface area contributed by atoms with Crippen LogP contribution in [0, 0.1) is 6.92 Å². The van der Waals surface area contributed by atoms with Crippen LogP contribution in [0.1, 0.15) is 22.8 Å². The summed E-state index contributed by atoms with van der Waals surface area (Å²) >= 11 is 0. The van der Waals surface area contributed by atoms with Crippen LogP contribution in [0.15, 0.2) is 33.8 Å². The molecule has 1 aromatic heterocycles. The Labute approximate surface area is 160 Å². The van der Waals surface area contributed by atoms with Crippen LogP contribution in [0.4, 0.5) is 13.2 Å². The quantitative estimate of drug-likeness (QED) is 0.400. The van der Waals surface area contributed by atoms with E-state index < -0.39 is 11.7 Å². The molecule has 138 valence electrons. The Morgan fingerprint density at radius 1 is 1.20 bits per heavy atom. The Morgan fingerprint density at radius 3 is 2.40 bits per heavy atom. The topological polar surface area (TPSA) is 75.3 Å². The van der Waals surface area contributed by atoms with Gasteiger partial charge >= 0.3 is 6.18 Å². The van der Waals surface area contributed by atoms with Crippen LogP contribution in [0.25, 0.3) is 0 Å². The summed E-state index contributed by atoms with van der Waals surface area (Å²) in [7, 11) is 1.61. The van der Waals surface area contributed by atoms with Crippen LogP contribution in [0.5, 0.6) is 0 Å². The highest BCUT2D eigenvalue weighted by atomic mass is 127. The Balaban J connectivity index is 0.00000312. The monoisotopic (exact) mass is 469 g/mol. The molecule has 25 heavy (non-hydrogen) atoms. The largest absolute Gasteiger partial charge is 0.416 e. The number of hydrogen-bond acceptors (Lipinski definition) is 4. The number of alkyl halides is 3. The summed E-state index contributed by atoms with van der Waals surface area (Å²) in [4.78, 5) is 8.13. The first-order chi connectivity index (χ1) is 11.4. The lowest BCUT2D eigenvalue weighted by Crippen LogP contribution is -2.37. The van der Waals surface area contributed by atoms with E-state index in [2.05, 4.69) is 25.8 Å². The molecule has 0 atom stereocenters. The van der Waals surface area contributed by atoms with Gasteiger partial charge in [0.25, 0.3) is 0 Å². The normalized spacial score (nSPS) is 11.8. The smallest absolute Gasteiger partial charge is 0.356 e. The lowest BCUT2D eigenvalue weighted by Gasteiger charge is -2.12. The predicted molar refractivity (Wildman–Crippen MR) is 97.8 cm³/mol. The van der Waals surface area contributed by atoms with Crippen molar-refractivity contribution in [3.8, 4) is 0 Å². The molecule has 2 aromatic rings. The zero-order valence-corrected chi connectivity index (χ0v) is 16.1. The second-order valence-corrected chi connectivity index (χ2v) is 5.03. The van der Waals surface area contributed by atoms with Gasteiger partial charge in [-0.25, -0.2) is 0 Å². The first kappa shape index (κ1) is 21.2.